The lowest BCUT2D eigenvalue weighted by atomic mass is 10.1. The molecule has 20 heavy (non-hydrogen) atoms. The number of benzene rings is 1. The molecule has 2 aliphatic rings. The molecule has 1 aromatic carbocycles. The molecule has 108 valence electrons. The number of sulfonamides is 1. The Balaban J connectivity index is 2.09. The van der Waals surface area contributed by atoms with Gasteiger partial charge in [0.2, 0.25) is 15.8 Å². The Morgan fingerprint density at radius 3 is 2.65 bits per heavy atom. The second-order valence-corrected chi connectivity index (χ2v) is 7.11. The number of nitro groups is 1. The van der Waals surface area contributed by atoms with Gasteiger partial charge in [0.05, 0.1) is 4.92 Å². The summed E-state index contributed by atoms with van der Waals surface area (Å²) >= 11 is 0. The summed E-state index contributed by atoms with van der Waals surface area (Å²) in [5, 5.41) is 10.9. The third-order valence-electron chi connectivity index (χ3n) is 4.08. The van der Waals surface area contributed by atoms with Crippen molar-refractivity contribution < 1.29 is 17.7 Å². The molecule has 0 amide bonds. The van der Waals surface area contributed by atoms with Crippen LogP contribution in [-0.4, -0.2) is 30.2 Å². The zero-order valence-electron chi connectivity index (χ0n) is 10.5. The molecule has 1 aliphatic carbocycles. The van der Waals surface area contributed by atoms with Crippen molar-refractivity contribution in [3.05, 3.63) is 34.1 Å². The fourth-order valence-electron chi connectivity index (χ4n) is 3.18. The van der Waals surface area contributed by atoms with Gasteiger partial charge in [0, 0.05) is 12.6 Å². The second-order valence-electron chi connectivity index (χ2n) is 5.25. The Hall–Kier alpha value is -1.54. The smallest absolute Gasteiger partial charge is 0.258 e. The lowest BCUT2D eigenvalue weighted by Gasteiger charge is -2.25. The van der Waals surface area contributed by atoms with E-state index in [4.69, 9.17) is 0 Å². The van der Waals surface area contributed by atoms with Crippen LogP contribution in [0.5, 0.6) is 0 Å². The van der Waals surface area contributed by atoms with E-state index in [1.807, 2.05) is 0 Å². The van der Waals surface area contributed by atoms with E-state index in [1.165, 1.54) is 10.4 Å². The molecular formula is C12H13FN2O4S. The summed E-state index contributed by atoms with van der Waals surface area (Å²) in [6, 6.07) is 3.08. The van der Waals surface area contributed by atoms with Gasteiger partial charge >= 0.3 is 5.69 Å². The summed E-state index contributed by atoms with van der Waals surface area (Å²) in [6.07, 6.45) is 2.55. The molecule has 1 saturated heterocycles. The van der Waals surface area contributed by atoms with E-state index in [1.54, 1.807) is 0 Å². The van der Waals surface area contributed by atoms with Gasteiger partial charge in [-0.2, -0.15) is 8.70 Å². The number of nitrogens with zero attached hydrogens (tertiary/aromatic N) is 2. The first-order valence-corrected chi connectivity index (χ1v) is 7.80. The van der Waals surface area contributed by atoms with Gasteiger partial charge < -0.3 is 0 Å². The molecule has 1 aliphatic heterocycles. The highest BCUT2D eigenvalue weighted by atomic mass is 32.2. The summed E-state index contributed by atoms with van der Waals surface area (Å²) in [7, 11) is -4.02. The summed E-state index contributed by atoms with van der Waals surface area (Å²) in [5.74, 6) is -0.803. The van der Waals surface area contributed by atoms with Crippen molar-refractivity contribution in [3.63, 3.8) is 0 Å². The van der Waals surface area contributed by atoms with Gasteiger partial charge in [-0.25, -0.2) is 8.42 Å². The third kappa shape index (κ3) is 1.90. The van der Waals surface area contributed by atoms with E-state index < -0.39 is 31.3 Å². The van der Waals surface area contributed by atoms with Gasteiger partial charge in [0.1, 0.15) is 0 Å². The van der Waals surface area contributed by atoms with Crippen LogP contribution in [0.3, 0.4) is 0 Å². The van der Waals surface area contributed by atoms with Crippen molar-refractivity contribution in [2.45, 2.75) is 30.2 Å². The van der Waals surface area contributed by atoms with Crippen LogP contribution in [0.2, 0.25) is 0 Å². The number of hydrogen-bond donors (Lipinski definition) is 0. The number of nitro benzene ring substituents is 1. The lowest BCUT2D eigenvalue weighted by molar-refractivity contribution is -0.390. The van der Waals surface area contributed by atoms with Crippen molar-refractivity contribution in [1.82, 2.24) is 4.31 Å². The minimum Gasteiger partial charge on any atom is -0.258 e. The average molecular weight is 300 g/mol. The summed E-state index contributed by atoms with van der Waals surface area (Å²) in [5.41, 5.74) is -0.963. The molecule has 1 aromatic rings. The number of halogens is 1. The Morgan fingerprint density at radius 1 is 1.35 bits per heavy atom. The Labute approximate surface area is 115 Å². The van der Waals surface area contributed by atoms with Crippen molar-refractivity contribution in [1.29, 1.82) is 0 Å². The SMILES string of the molecule is O=[N+]([O-])c1c(F)cccc1S(=O)(=O)N1CC2CCC1C2. The van der Waals surface area contributed by atoms with Gasteiger partial charge in [-0.1, -0.05) is 6.07 Å². The van der Waals surface area contributed by atoms with E-state index in [0.29, 0.717) is 12.5 Å². The van der Waals surface area contributed by atoms with Crippen LogP contribution in [0.4, 0.5) is 10.1 Å². The maximum Gasteiger partial charge on any atom is 0.324 e. The monoisotopic (exact) mass is 300 g/mol. The molecule has 2 bridgehead atoms. The molecular weight excluding hydrogens is 287 g/mol. The maximum atomic E-state index is 13.6. The summed E-state index contributed by atoms with van der Waals surface area (Å²) < 4.78 is 40.0. The first-order chi connectivity index (χ1) is 9.41. The Morgan fingerprint density at radius 2 is 2.10 bits per heavy atom. The maximum absolute atomic E-state index is 13.6. The third-order valence-corrected chi connectivity index (χ3v) is 6.03. The standard InChI is InChI=1S/C12H13FN2O4S/c13-10-2-1-3-11(12(10)15(16)17)20(18,19)14-7-8-4-5-9(14)6-8/h1-3,8-9H,4-7H2. The number of piperidine rings is 1. The largest absolute Gasteiger partial charge is 0.324 e. The number of para-hydroxylation sites is 1. The highest BCUT2D eigenvalue weighted by molar-refractivity contribution is 7.89. The second kappa shape index (κ2) is 4.49. The van der Waals surface area contributed by atoms with E-state index in [0.717, 1.165) is 31.4 Å². The normalized spacial score (nSPS) is 26.1. The Kier molecular flexibility index (Phi) is 3.02. The number of rotatable bonds is 3. The van der Waals surface area contributed by atoms with Crippen LogP contribution in [0, 0.1) is 21.8 Å². The molecule has 1 saturated carbocycles. The van der Waals surface area contributed by atoms with Gasteiger partial charge in [-0.15, -0.1) is 0 Å². The summed E-state index contributed by atoms with van der Waals surface area (Å²) in [6.45, 7) is 0.376. The van der Waals surface area contributed by atoms with Gasteiger partial charge in [-0.05, 0) is 37.3 Å². The number of hydrogen-bond acceptors (Lipinski definition) is 4. The summed E-state index contributed by atoms with van der Waals surface area (Å²) in [4.78, 5) is 9.42. The fourth-order valence-corrected chi connectivity index (χ4v) is 5.09. The molecule has 2 fully saturated rings. The van der Waals surface area contributed by atoms with Crippen molar-refractivity contribution in [2.75, 3.05) is 6.54 Å². The van der Waals surface area contributed by atoms with E-state index >= 15 is 0 Å². The van der Waals surface area contributed by atoms with Gasteiger partial charge in [0.15, 0.2) is 4.90 Å². The molecule has 1 heterocycles. The zero-order valence-corrected chi connectivity index (χ0v) is 11.3. The van der Waals surface area contributed by atoms with Crippen molar-refractivity contribution in [2.24, 2.45) is 5.92 Å². The molecule has 0 aromatic heterocycles. The predicted octanol–water partition coefficient (Wildman–Crippen LogP) is 1.91. The quantitative estimate of drug-likeness (QED) is 0.631. The molecule has 2 unspecified atom stereocenters. The van der Waals surface area contributed by atoms with Crippen LogP contribution in [-0.2, 0) is 10.0 Å². The molecule has 8 heteroatoms. The molecule has 3 rings (SSSR count). The zero-order chi connectivity index (χ0) is 14.5. The van der Waals surface area contributed by atoms with Crippen LogP contribution in [0.25, 0.3) is 0 Å². The minimum absolute atomic E-state index is 0.104. The first kappa shape index (κ1) is 13.4. The highest BCUT2D eigenvalue weighted by Gasteiger charge is 2.46. The number of fused-ring (bicyclic) bond motifs is 2. The van der Waals surface area contributed by atoms with E-state index in [2.05, 4.69) is 0 Å². The van der Waals surface area contributed by atoms with Crippen LogP contribution in [0.15, 0.2) is 23.1 Å². The predicted molar refractivity (Wildman–Crippen MR) is 68.1 cm³/mol. The molecule has 2 atom stereocenters. The first-order valence-electron chi connectivity index (χ1n) is 6.36. The van der Waals surface area contributed by atoms with E-state index in [9.17, 15) is 22.9 Å². The fraction of sp³-hybridized carbons (Fsp3) is 0.500. The molecule has 0 N–H and O–H groups in total. The van der Waals surface area contributed by atoms with Gasteiger partial charge in [0.25, 0.3) is 0 Å². The molecule has 6 nitrogen and oxygen atoms in total. The van der Waals surface area contributed by atoms with Crippen LogP contribution in [0.1, 0.15) is 19.3 Å². The lowest BCUT2D eigenvalue weighted by Crippen LogP contribution is -2.37. The van der Waals surface area contributed by atoms with Crippen LogP contribution < -0.4 is 0 Å². The Bertz CT molecular complexity index is 676. The topological polar surface area (TPSA) is 80.5 Å². The van der Waals surface area contributed by atoms with Crippen molar-refractivity contribution >= 4 is 15.7 Å². The highest BCUT2D eigenvalue weighted by Crippen LogP contribution is 2.42. The van der Waals surface area contributed by atoms with Crippen molar-refractivity contribution in [3.8, 4) is 0 Å². The average Bonchev–Trinajstić information content (AvgIpc) is 3.00. The molecule has 0 radical (unpaired) electrons. The van der Waals surface area contributed by atoms with Crippen LogP contribution >= 0.6 is 0 Å². The van der Waals surface area contributed by atoms with Gasteiger partial charge in [-0.3, -0.25) is 10.1 Å². The minimum atomic E-state index is -4.02. The van der Waals surface area contributed by atoms with E-state index in [-0.39, 0.29) is 6.04 Å². The molecule has 0 spiro atoms.